The number of rotatable bonds is 5. The molecule has 3 aromatic rings. The van der Waals surface area contributed by atoms with Crippen LogP contribution in [0.15, 0.2) is 84.9 Å². The highest BCUT2D eigenvalue weighted by atomic mass is 16.4. The second-order valence-electron chi connectivity index (χ2n) is 8.72. The predicted molar refractivity (Wildman–Crippen MR) is 131 cm³/mol. The van der Waals surface area contributed by atoms with Crippen LogP contribution in [-0.4, -0.2) is 17.1 Å². The molecule has 1 saturated carbocycles. The van der Waals surface area contributed by atoms with E-state index in [1.807, 2.05) is 24.3 Å². The molecular formula is C29H27NO2. The molecule has 1 aliphatic carbocycles. The van der Waals surface area contributed by atoms with Crippen LogP contribution >= 0.6 is 0 Å². The standard InChI is InChI=1S/C29H27NO2/c1-20(7-5-8-21-13-15-22(16-14-21)29(31)32)23-17-18-28-26(19-23)25-11-6-12-27(25)30(28)24-9-3-2-4-10-24/h2-5,7-10,13-19,25,27H,6,11-12H2,1H3,(H,31,32). The van der Waals surface area contributed by atoms with Gasteiger partial charge in [0.25, 0.3) is 0 Å². The first-order valence-corrected chi connectivity index (χ1v) is 11.3. The maximum absolute atomic E-state index is 11.0. The van der Waals surface area contributed by atoms with Gasteiger partial charge in [0.05, 0.1) is 5.56 Å². The van der Waals surface area contributed by atoms with Crippen molar-refractivity contribution >= 4 is 29.0 Å². The lowest BCUT2D eigenvalue weighted by atomic mass is 9.94. The third kappa shape index (κ3) is 3.75. The van der Waals surface area contributed by atoms with Gasteiger partial charge in [-0.1, -0.05) is 61.0 Å². The van der Waals surface area contributed by atoms with Crippen LogP contribution in [0.3, 0.4) is 0 Å². The number of carboxylic acids is 1. The summed E-state index contributed by atoms with van der Waals surface area (Å²) in [4.78, 5) is 13.5. The largest absolute Gasteiger partial charge is 0.478 e. The summed E-state index contributed by atoms with van der Waals surface area (Å²) in [5.74, 6) is -0.288. The molecule has 2 atom stereocenters. The zero-order valence-electron chi connectivity index (χ0n) is 18.2. The van der Waals surface area contributed by atoms with Gasteiger partial charge in [0, 0.05) is 23.3 Å². The van der Waals surface area contributed by atoms with E-state index in [0.29, 0.717) is 17.5 Å². The Hall–Kier alpha value is -3.59. The topological polar surface area (TPSA) is 40.5 Å². The second-order valence-corrected chi connectivity index (χ2v) is 8.72. The summed E-state index contributed by atoms with van der Waals surface area (Å²) >= 11 is 0. The molecule has 1 fully saturated rings. The van der Waals surface area contributed by atoms with Crippen LogP contribution in [0.1, 0.15) is 59.2 Å². The van der Waals surface area contributed by atoms with Crippen LogP contribution in [0.2, 0.25) is 0 Å². The maximum atomic E-state index is 11.0. The monoisotopic (exact) mass is 421 g/mol. The first-order valence-electron chi connectivity index (χ1n) is 11.3. The molecular weight excluding hydrogens is 394 g/mol. The average Bonchev–Trinajstić information content (AvgIpc) is 3.40. The van der Waals surface area contributed by atoms with Crippen molar-refractivity contribution in [3.8, 4) is 0 Å². The highest BCUT2D eigenvalue weighted by molar-refractivity contribution is 5.87. The highest BCUT2D eigenvalue weighted by Crippen LogP contribution is 2.52. The fourth-order valence-corrected chi connectivity index (χ4v) is 5.16. The van der Waals surface area contributed by atoms with Crippen molar-refractivity contribution < 1.29 is 9.90 Å². The quantitative estimate of drug-likeness (QED) is 0.440. The Balaban J connectivity index is 1.40. The Kier molecular flexibility index (Phi) is 5.40. The molecule has 1 aliphatic heterocycles. The number of carbonyl (C=O) groups is 1. The molecule has 0 amide bonds. The minimum atomic E-state index is -0.900. The smallest absolute Gasteiger partial charge is 0.335 e. The summed E-state index contributed by atoms with van der Waals surface area (Å²) in [6.45, 7) is 2.15. The molecule has 32 heavy (non-hydrogen) atoms. The van der Waals surface area contributed by atoms with E-state index < -0.39 is 5.97 Å². The molecule has 2 aliphatic rings. The minimum absolute atomic E-state index is 0.307. The van der Waals surface area contributed by atoms with E-state index in [2.05, 4.69) is 66.4 Å². The van der Waals surface area contributed by atoms with Gasteiger partial charge < -0.3 is 10.0 Å². The molecule has 0 spiro atoms. The summed E-state index contributed by atoms with van der Waals surface area (Å²) in [5.41, 5.74) is 7.91. The van der Waals surface area contributed by atoms with Gasteiger partial charge in [0.2, 0.25) is 0 Å². The molecule has 3 heteroatoms. The van der Waals surface area contributed by atoms with Crippen LogP contribution in [0, 0.1) is 0 Å². The molecule has 1 heterocycles. The summed E-state index contributed by atoms with van der Waals surface area (Å²) in [6, 6.07) is 25.2. The van der Waals surface area contributed by atoms with Gasteiger partial charge in [0.1, 0.15) is 0 Å². The Morgan fingerprint density at radius 2 is 1.72 bits per heavy atom. The fraction of sp³-hybridized carbons (Fsp3) is 0.207. The number of carboxylic acid groups (broad SMARTS) is 1. The molecule has 0 saturated heterocycles. The van der Waals surface area contributed by atoms with Gasteiger partial charge in [-0.05, 0) is 78.4 Å². The SMILES string of the molecule is CC(=CC=Cc1ccc(C(=O)O)cc1)c1ccc2c(c1)C1CCCC1N2c1ccccc1. The highest BCUT2D eigenvalue weighted by Gasteiger charge is 2.42. The fourth-order valence-electron chi connectivity index (χ4n) is 5.16. The van der Waals surface area contributed by atoms with Crippen molar-refractivity contribution in [2.45, 2.75) is 38.1 Å². The van der Waals surface area contributed by atoms with E-state index in [0.717, 1.165) is 5.56 Å². The normalized spacial score (nSPS) is 19.9. The number of benzene rings is 3. The third-order valence-corrected chi connectivity index (χ3v) is 6.78. The Labute approximate surface area is 189 Å². The molecule has 0 bridgehead atoms. The average molecular weight is 422 g/mol. The third-order valence-electron chi connectivity index (χ3n) is 6.78. The van der Waals surface area contributed by atoms with E-state index in [1.165, 1.54) is 47.3 Å². The van der Waals surface area contributed by atoms with Crippen molar-refractivity contribution in [2.24, 2.45) is 0 Å². The molecule has 1 N–H and O–H groups in total. The van der Waals surface area contributed by atoms with E-state index in [9.17, 15) is 4.79 Å². The van der Waals surface area contributed by atoms with Crippen LogP contribution in [-0.2, 0) is 0 Å². The van der Waals surface area contributed by atoms with Crippen molar-refractivity contribution in [3.05, 3.63) is 107 Å². The number of hydrogen-bond donors (Lipinski definition) is 1. The van der Waals surface area contributed by atoms with Gasteiger partial charge >= 0.3 is 5.97 Å². The first-order chi connectivity index (χ1) is 15.6. The van der Waals surface area contributed by atoms with Gasteiger partial charge in [-0.3, -0.25) is 0 Å². The number of fused-ring (bicyclic) bond motifs is 3. The number of hydrogen-bond acceptors (Lipinski definition) is 2. The van der Waals surface area contributed by atoms with Crippen molar-refractivity contribution in [1.82, 2.24) is 0 Å². The van der Waals surface area contributed by atoms with Crippen molar-refractivity contribution in [1.29, 1.82) is 0 Å². The van der Waals surface area contributed by atoms with E-state index in [4.69, 9.17) is 5.11 Å². The van der Waals surface area contributed by atoms with E-state index >= 15 is 0 Å². The molecule has 3 nitrogen and oxygen atoms in total. The Morgan fingerprint density at radius 1 is 0.969 bits per heavy atom. The molecule has 3 aromatic carbocycles. The second kappa shape index (κ2) is 8.51. The van der Waals surface area contributed by atoms with Crippen LogP contribution in [0.4, 0.5) is 11.4 Å². The van der Waals surface area contributed by atoms with Gasteiger partial charge in [-0.2, -0.15) is 0 Å². The first kappa shape index (κ1) is 20.3. The zero-order chi connectivity index (χ0) is 22.1. The number of anilines is 2. The summed E-state index contributed by atoms with van der Waals surface area (Å²) in [6.07, 6.45) is 9.98. The number of nitrogens with zero attached hydrogens (tertiary/aromatic N) is 1. The molecule has 0 radical (unpaired) electrons. The van der Waals surface area contributed by atoms with Gasteiger partial charge in [-0.25, -0.2) is 4.79 Å². The van der Waals surface area contributed by atoms with Crippen molar-refractivity contribution in [2.75, 3.05) is 4.90 Å². The summed E-state index contributed by atoms with van der Waals surface area (Å²) in [5, 5.41) is 9.02. The van der Waals surface area contributed by atoms with Gasteiger partial charge in [-0.15, -0.1) is 0 Å². The van der Waals surface area contributed by atoms with Crippen LogP contribution < -0.4 is 4.90 Å². The lowest BCUT2D eigenvalue weighted by molar-refractivity contribution is 0.0697. The molecule has 0 aromatic heterocycles. The lowest BCUT2D eigenvalue weighted by Gasteiger charge is -2.27. The number of para-hydroxylation sites is 1. The summed E-state index contributed by atoms with van der Waals surface area (Å²) < 4.78 is 0. The Morgan fingerprint density at radius 3 is 2.47 bits per heavy atom. The van der Waals surface area contributed by atoms with Crippen LogP contribution in [0.25, 0.3) is 11.6 Å². The van der Waals surface area contributed by atoms with E-state index in [-0.39, 0.29) is 0 Å². The minimum Gasteiger partial charge on any atom is -0.478 e. The zero-order valence-corrected chi connectivity index (χ0v) is 18.2. The van der Waals surface area contributed by atoms with E-state index in [1.54, 1.807) is 12.1 Å². The Bertz CT molecular complexity index is 1190. The molecule has 160 valence electrons. The van der Waals surface area contributed by atoms with Gasteiger partial charge in [0.15, 0.2) is 0 Å². The molecule has 5 rings (SSSR count). The lowest BCUT2D eigenvalue weighted by Crippen LogP contribution is -2.26. The maximum Gasteiger partial charge on any atom is 0.335 e. The number of aromatic carboxylic acids is 1. The van der Waals surface area contributed by atoms with Crippen molar-refractivity contribution in [3.63, 3.8) is 0 Å². The molecule has 2 unspecified atom stereocenters. The summed E-state index contributed by atoms with van der Waals surface area (Å²) in [7, 11) is 0. The number of allylic oxidation sites excluding steroid dienone is 3. The predicted octanol–water partition coefficient (Wildman–Crippen LogP) is 7.29. The van der Waals surface area contributed by atoms with Crippen LogP contribution in [0.5, 0.6) is 0 Å².